The molecular formula is C16H13N3O. The first-order chi connectivity index (χ1) is 9.69. The highest BCUT2D eigenvalue weighted by molar-refractivity contribution is 6.00. The lowest BCUT2D eigenvalue weighted by atomic mass is 10.1. The van der Waals surface area contributed by atoms with Gasteiger partial charge < -0.3 is 11.1 Å². The molecule has 0 aliphatic rings. The maximum atomic E-state index is 11.0. The molecule has 0 atom stereocenters. The summed E-state index contributed by atoms with van der Waals surface area (Å²) in [5.74, 6) is -0.723. The number of hydrogen-bond donors (Lipinski definition) is 2. The summed E-state index contributed by atoms with van der Waals surface area (Å²) in [6.45, 7) is 0. The SMILES string of the molecule is N#C/C(=C\c1ccc(Nc2ccccc2)cc1)C(N)=O. The van der Waals surface area contributed by atoms with Crippen LogP contribution in [0.3, 0.4) is 0 Å². The quantitative estimate of drug-likeness (QED) is 0.657. The van der Waals surface area contributed by atoms with E-state index in [1.54, 1.807) is 6.07 Å². The Bertz CT molecular complexity index is 667. The second-order valence-electron chi connectivity index (χ2n) is 4.15. The minimum atomic E-state index is -0.723. The second-order valence-corrected chi connectivity index (χ2v) is 4.15. The fourth-order valence-corrected chi connectivity index (χ4v) is 1.68. The minimum absolute atomic E-state index is 0.0613. The summed E-state index contributed by atoms with van der Waals surface area (Å²) < 4.78 is 0. The lowest BCUT2D eigenvalue weighted by Gasteiger charge is -2.06. The van der Waals surface area contributed by atoms with Gasteiger partial charge in [0.2, 0.25) is 0 Å². The molecule has 0 bridgehead atoms. The Morgan fingerprint density at radius 1 is 1.05 bits per heavy atom. The normalized spacial score (nSPS) is 10.7. The van der Waals surface area contributed by atoms with Crippen LogP contribution in [0.4, 0.5) is 11.4 Å². The predicted octanol–water partition coefficient (Wildman–Crippen LogP) is 2.82. The van der Waals surface area contributed by atoms with E-state index in [0.717, 1.165) is 16.9 Å². The largest absolute Gasteiger partial charge is 0.365 e. The van der Waals surface area contributed by atoms with Gasteiger partial charge in [-0.3, -0.25) is 4.79 Å². The number of carbonyl (C=O) groups is 1. The Morgan fingerprint density at radius 2 is 1.65 bits per heavy atom. The van der Waals surface area contributed by atoms with Gasteiger partial charge in [0.1, 0.15) is 11.6 Å². The van der Waals surface area contributed by atoms with E-state index in [9.17, 15) is 4.79 Å². The van der Waals surface area contributed by atoms with Gasteiger partial charge in [-0.05, 0) is 35.9 Å². The summed E-state index contributed by atoms with van der Waals surface area (Å²) in [5, 5.41) is 12.0. The second kappa shape index (κ2) is 6.21. The number of anilines is 2. The van der Waals surface area contributed by atoms with E-state index in [1.807, 2.05) is 54.6 Å². The van der Waals surface area contributed by atoms with Gasteiger partial charge in [0.25, 0.3) is 5.91 Å². The number of primary amides is 1. The number of rotatable bonds is 4. The van der Waals surface area contributed by atoms with Crippen LogP contribution in [-0.2, 0) is 4.79 Å². The molecule has 0 aliphatic carbocycles. The molecule has 1 amide bonds. The number of nitrogens with zero attached hydrogens (tertiary/aromatic N) is 1. The summed E-state index contributed by atoms with van der Waals surface area (Å²) in [6, 6.07) is 18.9. The van der Waals surface area contributed by atoms with Gasteiger partial charge in [0.05, 0.1) is 0 Å². The number of hydrogen-bond acceptors (Lipinski definition) is 3. The van der Waals surface area contributed by atoms with Gasteiger partial charge in [0, 0.05) is 11.4 Å². The van der Waals surface area contributed by atoms with Crippen LogP contribution >= 0.6 is 0 Å². The van der Waals surface area contributed by atoms with Crippen LogP contribution in [0, 0.1) is 11.3 Å². The summed E-state index contributed by atoms with van der Waals surface area (Å²) in [5.41, 5.74) is 7.69. The molecule has 0 heterocycles. The molecule has 0 saturated carbocycles. The molecule has 0 unspecified atom stereocenters. The molecule has 98 valence electrons. The van der Waals surface area contributed by atoms with Gasteiger partial charge in [-0.25, -0.2) is 0 Å². The molecule has 0 aliphatic heterocycles. The lowest BCUT2D eigenvalue weighted by molar-refractivity contribution is -0.114. The van der Waals surface area contributed by atoms with Crippen LogP contribution in [0.5, 0.6) is 0 Å². The van der Waals surface area contributed by atoms with Crippen molar-refractivity contribution in [3.8, 4) is 6.07 Å². The van der Waals surface area contributed by atoms with Crippen molar-refractivity contribution in [1.29, 1.82) is 5.26 Å². The van der Waals surface area contributed by atoms with E-state index in [1.165, 1.54) is 6.08 Å². The first kappa shape index (κ1) is 13.4. The van der Waals surface area contributed by atoms with Crippen molar-refractivity contribution in [2.75, 3.05) is 5.32 Å². The van der Waals surface area contributed by atoms with Crippen LogP contribution < -0.4 is 11.1 Å². The Balaban J connectivity index is 2.15. The Labute approximate surface area is 117 Å². The molecular weight excluding hydrogens is 250 g/mol. The molecule has 20 heavy (non-hydrogen) atoms. The molecule has 2 aromatic rings. The van der Waals surface area contributed by atoms with Gasteiger partial charge in [-0.2, -0.15) is 5.26 Å². The number of para-hydroxylation sites is 1. The number of nitriles is 1. The number of nitrogens with two attached hydrogens (primary N) is 1. The monoisotopic (exact) mass is 263 g/mol. The van der Waals surface area contributed by atoms with Crippen LogP contribution in [-0.4, -0.2) is 5.91 Å². The number of amides is 1. The molecule has 0 fully saturated rings. The average Bonchev–Trinajstić information content (AvgIpc) is 2.47. The highest BCUT2D eigenvalue weighted by atomic mass is 16.1. The van der Waals surface area contributed by atoms with Crippen molar-refractivity contribution >= 4 is 23.4 Å². The molecule has 0 radical (unpaired) electrons. The van der Waals surface area contributed by atoms with Crippen molar-refractivity contribution in [1.82, 2.24) is 0 Å². The summed E-state index contributed by atoms with van der Waals surface area (Å²) in [7, 11) is 0. The molecule has 3 N–H and O–H groups in total. The fraction of sp³-hybridized carbons (Fsp3) is 0. The van der Waals surface area contributed by atoms with Crippen molar-refractivity contribution in [3.05, 3.63) is 65.7 Å². The Morgan fingerprint density at radius 3 is 2.20 bits per heavy atom. The standard InChI is InChI=1S/C16H13N3O/c17-11-13(16(18)20)10-12-6-8-15(9-7-12)19-14-4-2-1-3-5-14/h1-10,19H,(H2,18,20)/b13-10+. The molecule has 2 aromatic carbocycles. The first-order valence-electron chi connectivity index (χ1n) is 6.03. The molecule has 4 nitrogen and oxygen atoms in total. The Hall–Kier alpha value is -3.06. The number of benzene rings is 2. The van der Waals surface area contributed by atoms with Gasteiger partial charge in [-0.1, -0.05) is 30.3 Å². The van der Waals surface area contributed by atoms with E-state index in [0.29, 0.717) is 0 Å². The first-order valence-corrected chi connectivity index (χ1v) is 6.03. The molecule has 4 heteroatoms. The zero-order chi connectivity index (χ0) is 14.4. The van der Waals surface area contributed by atoms with E-state index in [4.69, 9.17) is 11.0 Å². The minimum Gasteiger partial charge on any atom is -0.365 e. The van der Waals surface area contributed by atoms with Gasteiger partial charge in [-0.15, -0.1) is 0 Å². The van der Waals surface area contributed by atoms with Crippen molar-refractivity contribution in [3.63, 3.8) is 0 Å². The predicted molar refractivity (Wildman–Crippen MR) is 79.0 cm³/mol. The third-order valence-electron chi connectivity index (χ3n) is 2.67. The lowest BCUT2D eigenvalue weighted by Crippen LogP contribution is -2.12. The van der Waals surface area contributed by atoms with Crippen LogP contribution in [0.15, 0.2) is 60.2 Å². The third kappa shape index (κ3) is 3.47. The van der Waals surface area contributed by atoms with Crippen molar-refractivity contribution in [2.24, 2.45) is 5.73 Å². The van der Waals surface area contributed by atoms with Crippen molar-refractivity contribution < 1.29 is 4.79 Å². The highest BCUT2D eigenvalue weighted by Crippen LogP contribution is 2.17. The molecule has 2 rings (SSSR count). The maximum absolute atomic E-state index is 11.0. The van der Waals surface area contributed by atoms with Gasteiger partial charge in [0.15, 0.2) is 0 Å². The third-order valence-corrected chi connectivity index (χ3v) is 2.67. The van der Waals surface area contributed by atoms with Crippen LogP contribution in [0.1, 0.15) is 5.56 Å². The van der Waals surface area contributed by atoms with Gasteiger partial charge >= 0.3 is 0 Å². The number of nitrogens with one attached hydrogen (secondary N) is 1. The fourth-order valence-electron chi connectivity index (χ4n) is 1.68. The zero-order valence-corrected chi connectivity index (χ0v) is 10.7. The van der Waals surface area contributed by atoms with E-state index in [-0.39, 0.29) is 5.57 Å². The van der Waals surface area contributed by atoms with E-state index in [2.05, 4.69) is 5.32 Å². The van der Waals surface area contributed by atoms with E-state index >= 15 is 0 Å². The topological polar surface area (TPSA) is 78.9 Å². The molecule has 0 aromatic heterocycles. The van der Waals surface area contributed by atoms with E-state index < -0.39 is 5.91 Å². The summed E-state index contributed by atoms with van der Waals surface area (Å²) >= 11 is 0. The average molecular weight is 263 g/mol. The van der Waals surface area contributed by atoms with Crippen molar-refractivity contribution in [2.45, 2.75) is 0 Å². The van der Waals surface area contributed by atoms with Crippen LogP contribution in [0.25, 0.3) is 6.08 Å². The summed E-state index contributed by atoms with van der Waals surface area (Å²) in [4.78, 5) is 11.0. The van der Waals surface area contributed by atoms with Crippen LogP contribution in [0.2, 0.25) is 0 Å². The highest BCUT2D eigenvalue weighted by Gasteiger charge is 2.03. The molecule has 0 saturated heterocycles. The number of carbonyl (C=O) groups excluding carboxylic acids is 1. The molecule has 0 spiro atoms. The summed E-state index contributed by atoms with van der Waals surface area (Å²) in [6.07, 6.45) is 1.47. The Kier molecular flexibility index (Phi) is 4.15. The maximum Gasteiger partial charge on any atom is 0.259 e. The smallest absolute Gasteiger partial charge is 0.259 e. The zero-order valence-electron chi connectivity index (χ0n) is 10.7.